The highest BCUT2D eigenvalue weighted by atomic mass is 19.4. The van der Waals surface area contributed by atoms with Gasteiger partial charge in [-0.05, 0) is 24.6 Å². The van der Waals surface area contributed by atoms with E-state index in [2.05, 4.69) is 5.32 Å². The molecular formula is C14H16F3NO4. The van der Waals surface area contributed by atoms with E-state index in [1.54, 1.807) is 6.92 Å². The molecule has 0 aliphatic heterocycles. The number of nitrogens with one attached hydrogen (secondary N) is 1. The molecule has 0 heterocycles. The molecule has 0 saturated carbocycles. The number of hydrogen-bond donors (Lipinski definition) is 2. The Morgan fingerprint density at radius 1 is 1.27 bits per heavy atom. The summed E-state index contributed by atoms with van der Waals surface area (Å²) in [5.74, 6) is -1.87. The third-order valence-corrected chi connectivity index (χ3v) is 2.79. The molecule has 0 spiro atoms. The number of carboxylic acids is 1. The minimum Gasteiger partial charge on any atom is -0.480 e. The molecule has 1 rings (SSSR count). The van der Waals surface area contributed by atoms with Crippen LogP contribution in [0.1, 0.15) is 18.1 Å². The summed E-state index contributed by atoms with van der Waals surface area (Å²) in [7, 11) is 0. The lowest BCUT2D eigenvalue weighted by molar-refractivity contribution is -0.142. The van der Waals surface area contributed by atoms with E-state index in [0.29, 0.717) is 12.2 Å². The summed E-state index contributed by atoms with van der Waals surface area (Å²) in [6.07, 6.45) is -4.57. The minimum absolute atomic E-state index is 0.120. The summed E-state index contributed by atoms with van der Waals surface area (Å²) >= 11 is 0. The number of carbonyl (C=O) groups is 2. The van der Waals surface area contributed by atoms with Gasteiger partial charge in [0.05, 0.1) is 5.56 Å². The molecule has 0 radical (unpaired) electrons. The van der Waals surface area contributed by atoms with Crippen LogP contribution in [0.5, 0.6) is 0 Å². The van der Waals surface area contributed by atoms with Crippen molar-refractivity contribution in [3.8, 4) is 0 Å². The maximum Gasteiger partial charge on any atom is 0.416 e. The quantitative estimate of drug-likeness (QED) is 0.804. The molecule has 1 amide bonds. The first kappa shape index (κ1) is 18.0. The Morgan fingerprint density at radius 2 is 1.86 bits per heavy atom. The van der Waals surface area contributed by atoms with Crippen molar-refractivity contribution in [3.05, 3.63) is 35.4 Å². The molecule has 0 saturated heterocycles. The normalized spacial score (nSPS) is 12.7. The second-order valence-electron chi connectivity index (χ2n) is 4.49. The summed E-state index contributed by atoms with van der Waals surface area (Å²) in [5, 5.41) is 11.3. The molecule has 1 aromatic carbocycles. The van der Waals surface area contributed by atoms with Gasteiger partial charge in [0.25, 0.3) is 0 Å². The van der Waals surface area contributed by atoms with Crippen molar-refractivity contribution in [2.24, 2.45) is 0 Å². The van der Waals surface area contributed by atoms with Gasteiger partial charge in [0.1, 0.15) is 12.6 Å². The SMILES string of the molecule is CCOCC(=O)N[C@H](Cc1ccc(C(F)(F)F)cc1)C(=O)O. The lowest BCUT2D eigenvalue weighted by atomic mass is 10.0. The van der Waals surface area contributed by atoms with Gasteiger partial charge in [-0.25, -0.2) is 4.79 Å². The van der Waals surface area contributed by atoms with Crippen LogP contribution in [0.3, 0.4) is 0 Å². The fraction of sp³-hybridized carbons (Fsp3) is 0.429. The first-order valence-corrected chi connectivity index (χ1v) is 6.50. The van der Waals surface area contributed by atoms with Crippen LogP contribution < -0.4 is 5.32 Å². The summed E-state index contributed by atoms with van der Waals surface area (Å²) in [4.78, 5) is 22.5. The largest absolute Gasteiger partial charge is 0.480 e. The van der Waals surface area contributed by atoms with E-state index < -0.39 is 29.7 Å². The molecule has 5 nitrogen and oxygen atoms in total. The first-order valence-electron chi connectivity index (χ1n) is 6.50. The van der Waals surface area contributed by atoms with Gasteiger partial charge in [-0.1, -0.05) is 12.1 Å². The monoisotopic (exact) mass is 319 g/mol. The van der Waals surface area contributed by atoms with Gasteiger partial charge in [0, 0.05) is 13.0 Å². The maximum atomic E-state index is 12.4. The van der Waals surface area contributed by atoms with Crippen LogP contribution >= 0.6 is 0 Å². The highest BCUT2D eigenvalue weighted by Crippen LogP contribution is 2.29. The number of aliphatic carboxylic acids is 1. The number of benzene rings is 1. The number of halogens is 3. The van der Waals surface area contributed by atoms with E-state index in [1.807, 2.05) is 0 Å². The predicted molar refractivity (Wildman–Crippen MR) is 71.2 cm³/mol. The Labute approximate surface area is 125 Å². The van der Waals surface area contributed by atoms with E-state index in [4.69, 9.17) is 9.84 Å². The van der Waals surface area contributed by atoms with Gasteiger partial charge in [-0.3, -0.25) is 4.79 Å². The zero-order chi connectivity index (χ0) is 16.8. The summed E-state index contributed by atoms with van der Waals surface area (Å²) < 4.78 is 42.2. The van der Waals surface area contributed by atoms with Crippen molar-refractivity contribution in [1.82, 2.24) is 5.32 Å². The number of rotatable bonds is 7. The average Bonchev–Trinajstić information content (AvgIpc) is 2.44. The third-order valence-electron chi connectivity index (χ3n) is 2.79. The molecule has 0 fully saturated rings. The Hall–Kier alpha value is -2.09. The van der Waals surface area contributed by atoms with Crippen molar-refractivity contribution in [2.75, 3.05) is 13.2 Å². The van der Waals surface area contributed by atoms with Crippen molar-refractivity contribution in [2.45, 2.75) is 25.6 Å². The molecule has 2 N–H and O–H groups in total. The number of carbonyl (C=O) groups excluding carboxylic acids is 1. The highest BCUT2D eigenvalue weighted by Gasteiger charge is 2.30. The highest BCUT2D eigenvalue weighted by molar-refractivity contribution is 5.84. The van der Waals surface area contributed by atoms with E-state index in [-0.39, 0.29) is 13.0 Å². The fourth-order valence-electron chi connectivity index (χ4n) is 1.70. The number of hydrogen-bond acceptors (Lipinski definition) is 3. The Morgan fingerprint density at radius 3 is 2.32 bits per heavy atom. The van der Waals surface area contributed by atoms with Crippen molar-refractivity contribution < 1.29 is 32.6 Å². The maximum absolute atomic E-state index is 12.4. The van der Waals surface area contributed by atoms with Crippen LogP contribution in [0.4, 0.5) is 13.2 Å². The first-order chi connectivity index (χ1) is 10.2. The topological polar surface area (TPSA) is 75.6 Å². The Bertz CT molecular complexity index is 514. The smallest absolute Gasteiger partial charge is 0.416 e. The second-order valence-corrected chi connectivity index (χ2v) is 4.49. The molecular weight excluding hydrogens is 303 g/mol. The summed E-state index contributed by atoms with van der Waals surface area (Å²) in [6.45, 7) is 1.72. The zero-order valence-electron chi connectivity index (χ0n) is 11.8. The Kier molecular flexibility index (Phi) is 6.36. The minimum atomic E-state index is -4.45. The molecule has 1 aromatic rings. The van der Waals surface area contributed by atoms with Gasteiger partial charge in [-0.15, -0.1) is 0 Å². The molecule has 0 bridgehead atoms. The van der Waals surface area contributed by atoms with Crippen molar-refractivity contribution in [1.29, 1.82) is 0 Å². The lowest BCUT2D eigenvalue weighted by Gasteiger charge is -2.15. The number of carboxylic acid groups (broad SMARTS) is 1. The molecule has 1 atom stereocenters. The third kappa shape index (κ3) is 5.72. The van der Waals surface area contributed by atoms with Gasteiger partial charge in [-0.2, -0.15) is 13.2 Å². The summed E-state index contributed by atoms with van der Waals surface area (Å²) in [6, 6.07) is 2.89. The van der Waals surface area contributed by atoms with Gasteiger partial charge < -0.3 is 15.2 Å². The Balaban J connectivity index is 2.71. The lowest BCUT2D eigenvalue weighted by Crippen LogP contribution is -2.43. The van der Waals surface area contributed by atoms with E-state index in [0.717, 1.165) is 12.1 Å². The van der Waals surface area contributed by atoms with E-state index in [1.165, 1.54) is 12.1 Å². The molecule has 0 aromatic heterocycles. The van der Waals surface area contributed by atoms with Crippen molar-refractivity contribution in [3.63, 3.8) is 0 Å². The van der Waals surface area contributed by atoms with Crippen LogP contribution in [0.15, 0.2) is 24.3 Å². The van der Waals surface area contributed by atoms with Crippen LogP contribution in [0.2, 0.25) is 0 Å². The molecule has 0 unspecified atom stereocenters. The number of alkyl halides is 3. The van der Waals surface area contributed by atoms with Crippen molar-refractivity contribution >= 4 is 11.9 Å². The second kappa shape index (κ2) is 7.79. The average molecular weight is 319 g/mol. The van der Waals surface area contributed by atoms with Gasteiger partial charge in [0.15, 0.2) is 0 Å². The standard InChI is InChI=1S/C14H16F3NO4/c1-2-22-8-12(19)18-11(13(20)21)7-9-3-5-10(6-4-9)14(15,16)17/h3-6,11H,2,7-8H2,1H3,(H,18,19)(H,20,21)/t11-/m1/s1. The number of ether oxygens (including phenoxy) is 1. The van der Waals surface area contributed by atoms with E-state index >= 15 is 0 Å². The molecule has 0 aliphatic carbocycles. The van der Waals surface area contributed by atoms with Crippen LogP contribution in [-0.2, 0) is 26.9 Å². The van der Waals surface area contributed by atoms with E-state index in [9.17, 15) is 22.8 Å². The number of amides is 1. The van der Waals surface area contributed by atoms with Crippen LogP contribution in [0, 0.1) is 0 Å². The van der Waals surface area contributed by atoms with Crippen LogP contribution in [0.25, 0.3) is 0 Å². The predicted octanol–water partition coefficient (Wildman–Crippen LogP) is 1.85. The van der Waals surface area contributed by atoms with Gasteiger partial charge >= 0.3 is 12.1 Å². The van der Waals surface area contributed by atoms with Crippen LogP contribution in [-0.4, -0.2) is 36.2 Å². The molecule has 8 heteroatoms. The molecule has 122 valence electrons. The zero-order valence-corrected chi connectivity index (χ0v) is 11.8. The molecule has 22 heavy (non-hydrogen) atoms. The van der Waals surface area contributed by atoms with Gasteiger partial charge in [0.2, 0.25) is 5.91 Å². The summed E-state index contributed by atoms with van der Waals surface area (Å²) in [5.41, 5.74) is -0.444. The fourth-order valence-corrected chi connectivity index (χ4v) is 1.70. The molecule has 0 aliphatic rings.